The fourth-order valence-corrected chi connectivity index (χ4v) is 3.26. The molecular weight excluding hydrogens is 398 g/mol. The first-order chi connectivity index (χ1) is 12.8. The third-order valence-electron chi connectivity index (χ3n) is 3.30. The molecule has 144 valence electrons. The molecule has 0 unspecified atom stereocenters. The zero-order chi connectivity index (χ0) is 19.9. The van der Waals surface area contributed by atoms with Crippen molar-refractivity contribution >= 4 is 39.2 Å². The molecule has 3 N–H and O–H groups in total. The molecule has 1 heterocycles. The predicted molar refractivity (Wildman–Crippen MR) is 95.0 cm³/mol. The molecule has 9 nitrogen and oxygen atoms in total. The molecule has 1 aromatic heterocycles. The lowest BCUT2D eigenvalue weighted by Gasteiger charge is -2.08. The van der Waals surface area contributed by atoms with Crippen molar-refractivity contribution in [2.75, 3.05) is 5.75 Å². The summed E-state index contributed by atoms with van der Waals surface area (Å²) in [4.78, 5) is 34.8. The number of rotatable bonds is 6. The third-order valence-corrected chi connectivity index (χ3v) is 5.28. The molecule has 0 spiro atoms. The molecule has 3 amide bonds. The van der Waals surface area contributed by atoms with Crippen molar-refractivity contribution in [2.45, 2.75) is 17.9 Å². The van der Waals surface area contributed by atoms with E-state index in [1.165, 1.54) is 30.5 Å². The molecular formula is C16H16ClN3O6S. The van der Waals surface area contributed by atoms with Crippen molar-refractivity contribution in [2.24, 2.45) is 0 Å². The number of hydrogen-bond donors (Lipinski definition) is 3. The first kappa shape index (κ1) is 20.5. The second-order valence-corrected chi connectivity index (χ2v) is 7.83. The van der Waals surface area contributed by atoms with E-state index in [0.29, 0.717) is 10.8 Å². The van der Waals surface area contributed by atoms with E-state index < -0.39 is 39.7 Å². The van der Waals surface area contributed by atoms with E-state index in [-0.39, 0.29) is 11.4 Å². The minimum Gasteiger partial charge on any atom is -0.467 e. The van der Waals surface area contributed by atoms with E-state index in [4.69, 9.17) is 16.0 Å². The van der Waals surface area contributed by atoms with Crippen LogP contribution in [0, 0.1) is 0 Å². The standard InChI is InChI=1S/C16H16ClN3O6S/c17-11-3-5-13(6-4-11)27(24,25)9-7-14(21)19-20-16(23)15(22)18-10-12-2-1-8-26-12/h1-6,8H,7,9-10H2,(H,18,22)(H,19,21)(H,20,23). The monoisotopic (exact) mass is 413 g/mol. The Hall–Kier alpha value is -2.85. The van der Waals surface area contributed by atoms with Crippen LogP contribution in [0.5, 0.6) is 0 Å². The van der Waals surface area contributed by atoms with Gasteiger partial charge in [-0.25, -0.2) is 8.42 Å². The van der Waals surface area contributed by atoms with Crippen molar-refractivity contribution in [3.05, 3.63) is 53.4 Å². The van der Waals surface area contributed by atoms with Gasteiger partial charge in [0, 0.05) is 11.4 Å². The topological polar surface area (TPSA) is 135 Å². The number of carbonyl (C=O) groups is 3. The van der Waals surface area contributed by atoms with Gasteiger partial charge in [0.2, 0.25) is 5.91 Å². The van der Waals surface area contributed by atoms with Crippen molar-refractivity contribution in [1.29, 1.82) is 0 Å². The van der Waals surface area contributed by atoms with Crippen molar-refractivity contribution < 1.29 is 27.2 Å². The lowest BCUT2D eigenvalue weighted by molar-refractivity contribution is -0.141. The Bertz CT molecular complexity index is 910. The first-order valence-electron chi connectivity index (χ1n) is 7.65. The molecule has 0 aliphatic rings. The number of halogens is 1. The van der Waals surface area contributed by atoms with Crippen LogP contribution in [-0.2, 0) is 30.8 Å². The van der Waals surface area contributed by atoms with Gasteiger partial charge in [-0.3, -0.25) is 25.2 Å². The molecule has 2 aromatic rings. The van der Waals surface area contributed by atoms with E-state index in [2.05, 4.69) is 5.32 Å². The Kier molecular flexibility index (Phi) is 6.97. The van der Waals surface area contributed by atoms with Gasteiger partial charge in [-0.2, -0.15) is 0 Å². The van der Waals surface area contributed by atoms with Gasteiger partial charge < -0.3 is 9.73 Å². The van der Waals surface area contributed by atoms with E-state index in [1.54, 1.807) is 12.1 Å². The fourth-order valence-electron chi connectivity index (χ4n) is 1.89. The van der Waals surface area contributed by atoms with Gasteiger partial charge in [-0.05, 0) is 36.4 Å². The van der Waals surface area contributed by atoms with E-state index >= 15 is 0 Å². The van der Waals surface area contributed by atoms with Crippen LogP contribution >= 0.6 is 11.6 Å². The Balaban J connectivity index is 1.74. The highest BCUT2D eigenvalue weighted by molar-refractivity contribution is 7.91. The molecule has 0 fully saturated rings. The number of sulfone groups is 1. The van der Waals surface area contributed by atoms with Crippen LogP contribution in [0.25, 0.3) is 0 Å². The predicted octanol–water partition coefficient (Wildman–Crippen LogP) is 0.561. The summed E-state index contributed by atoms with van der Waals surface area (Å²) in [5, 5.41) is 2.68. The second kappa shape index (κ2) is 9.19. The maximum Gasteiger partial charge on any atom is 0.327 e. The highest BCUT2D eigenvalue weighted by Crippen LogP contribution is 2.15. The summed E-state index contributed by atoms with van der Waals surface area (Å²) in [7, 11) is -3.68. The van der Waals surface area contributed by atoms with Gasteiger partial charge in [0.15, 0.2) is 9.84 Å². The minimum atomic E-state index is -3.68. The summed E-state index contributed by atoms with van der Waals surface area (Å²) < 4.78 is 29.2. The maximum absolute atomic E-state index is 12.1. The number of hydrogen-bond acceptors (Lipinski definition) is 6. The van der Waals surface area contributed by atoms with Gasteiger partial charge in [0.05, 0.1) is 23.5 Å². The van der Waals surface area contributed by atoms with Gasteiger partial charge in [-0.15, -0.1) is 0 Å². The summed E-state index contributed by atoms with van der Waals surface area (Å²) in [6, 6.07) is 8.76. The maximum atomic E-state index is 12.1. The molecule has 0 bridgehead atoms. The lowest BCUT2D eigenvalue weighted by Crippen LogP contribution is -2.48. The van der Waals surface area contributed by atoms with E-state index in [0.717, 1.165) is 0 Å². The van der Waals surface area contributed by atoms with Gasteiger partial charge in [-0.1, -0.05) is 11.6 Å². The van der Waals surface area contributed by atoms with Crippen LogP contribution in [0.4, 0.5) is 0 Å². The number of benzene rings is 1. The summed E-state index contributed by atoms with van der Waals surface area (Å²) in [6.07, 6.45) is 1.01. The Morgan fingerprint density at radius 2 is 1.70 bits per heavy atom. The normalized spacial score (nSPS) is 10.9. The Morgan fingerprint density at radius 1 is 1.00 bits per heavy atom. The Labute approximate surface area is 160 Å². The molecule has 0 radical (unpaired) electrons. The van der Waals surface area contributed by atoms with E-state index in [9.17, 15) is 22.8 Å². The van der Waals surface area contributed by atoms with Crippen LogP contribution in [0.1, 0.15) is 12.2 Å². The van der Waals surface area contributed by atoms with Gasteiger partial charge >= 0.3 is 11.8 Å². The van der Waals surface area contributed by atoms with Crippen molar-refractivity contribution in [3.8, 4) is 0 Å². The zero-order valence-electron chi connectivity index (χ0n) is 13.9. The Morgan fingerprint density at radius 3 is 2.33 bits per heavy atom. The number of carbonyl (C=O) groups excluding carboxylic acids is 3. The van der Waals surface area contributed by atoms with Gasteiger partial charge in [0.25, 0.3) is 0 Å². The van der Waals surface area contributed by atoms with Crippen LogP contribution in [0.2, 0.25) is 5.02 Å². The number of furan rings is 1. The van der Waals surface area contributed by atoms with Crippen LogP contribution in [0.3, 0.4) is 0 Å². The molecule has 11 heteroatoms. The van der Waals surface area contributed by atoms with Gasteiger partial charge in [0.1, 0.15) is 5.76 Å². The largest absolute Gasteiger partial charge is 0.467 e. The molecule has 0 saturated carbocycles. The molecule has 0 saturated heterocycles. The average molecular weight is 414 g/mol. The zero-order valence-corrected chi connectivity index (χ0v) is 15.5. The molecule has 2 rings (SSSR count). The van der Waals surface area contributed by atoms with Crippen LogP contribution in [-0.4, -0.2) is 31.9 Å². The van der Waals surface area contributed by atoms with Crippen LogP contribution in [0.15, 0.2) is 52.0 Å². The lowest BCUT2D eigenvalue weighted by atomic mass is 10.4. The highest BCUT2D eigenvalue weighted by atomic mass is 35.5. The number of amides is 3. The van der Waals surface area contributed by atoms with Crippen molar-refractivity contribution in [1.82, 2.24) is 16.2 Å². The third kappa shape index (κ3) is 6.42. The van der Waals surface area contributed by atoms with E-state index in [1.807, 2.05) is 10.9 Å². The average Bonchev–Trinajstić information content (AvgIpc) is 3.16. The molecule has 1 aromatic carbocycles. The minimum absolute atomic E-state index is 0.00648. The molecule has 0 atom stereocenters. The summed E-state index contributed by atoms with van der Waals surface area (Å²) in [6.45, 7) is 0.00648. The highest BCUT2D eigenvalue weighted by Gasteiger charge is 2.18. The SMILES string of the molecule is O=C(CCS(=O)(=O)c1ccc(Cl)cc1)NNC(=O)C(=O)NCc1ccco1. The number of nitrogens with one attached hydrogen (secondary N) is 3. The molecule has 27 heavy (non-hydrogen) atoms. The quantitative estimate of drug-likeness (QED) is 0.468. The fraction of sp³-hybridized carbons (Fsp3) is 0.188. The first-order valence-corrected chi connectivity index (χ1v) is 9.68. The second-order valence-electron chi connectivity index (χ2n) is 5.29. The summed E-state index contributed by atoms with van der Waals surface area (Å²) in [5.41, 5.74) is 3.88. The summed E-state index contributed by atoms with van der Waals surface area (Å²) in [5.74, 6) is -2.87. The number of hydrazine groups is 1. The molecule has 0 aliphatic carbocycles. The van der Waals surface area contributed by atoms with Crippen LogP contribution < -0.4 is 16.2 Å². The molecule has 0 aliphatic heterocycles. The summed E-state index contributed by atoms with van der Waals surface area (Å²) >= 11 is 5.70. The smallest absolute Gasteiger partial charge is 0.327 e. The van der Waals surface area contributed by atoms with Crippen molar-refractivity contribution in [3.63, 3.8) is 0 Å².